The molecule has 0 bridgehead atoms. The molecule has 4 rings (SSSR count). The Labute approximate surface area is 150 Å². The van der Waals surface area contributed by atoms with Crippen LogP contribution in [0.25, 0.3) is 0 Å². The summed E-state index contributed by atoms with van der Waals surface area (Å²) in [5.74, 6) is 2.37. The second kappa shape index (κ2) is 6.72. The lowest BCUT2D eigenvalue weighted by molar-refractivity contribution is 0.287. The van der Waals surface area contributed by atoms with Gasteiger partial charge in [-0.15, -0.1) is 10.2 Å². The highest BCUT2D eigenvalue weighted by Crippen LogP contribution is 2.25. The minimum absolute atomic E-state index is 0.337. The average Bonchev–Trinajstić information content (AvgIpc) is 3.05. The molecule has 0 saturated carbocycles. The summed E-state index contributed by atoms with van der Waals surface area (Å²) in [4.78, 5) is 0. The fraction of sp³-hybridized carbons (Fsp3) is 0.211. The number of hydrogen-bond acceptors (Lipinski definition) is 5. The normalized spacial score (nSPS) is 13.3. The van der Waals surface area contributed by atoms with Crippen molar-refractivity contribution in [3.8, 4) is 5.75 Å². The van der Waals surface area contributed by atoms with Gasteiger partial charge < -0.3 is 4.74 Å². The van der Waals surface area contributed by atoms with Crippen molar-refractivity contribution in [2.24, 2.45) is 5.10 Å². The molecule has 0 atom stereocenters. The van der Waals surface area contributed by atoms with Gasteiger partial charge in [-0.1, -0.05) is 54.2 Å². The Bertz CT molecular complexity index is 934. The first-order chi connectivity index (χ1) is 12.2. The Balaban J connectivity index is 1.59. The quantitative estimate of drug-likeness (QED) is 0.717. The molecule has 0 saturated heterocycles. The van der Waals surface area contributed by atoms with E-state index in [-0.39, 0.29) is 0 Å². The van der Waals surface area contributed by atoms with Crippen LogP contribution in [0.1, 0.15) is 22.5 Å². The fourth-order valence-corrected chi connectivity index (χ4v) is 3.49. The molecule has 126 valence electrons. The number of hydrogen-bond donors (Lipinski definition) is 0. The Hall–Kier alpha value is -2.60. The number of nitrogens with zero attached hydrogens (tertiary/aromatic N) is 4. The highest BCUT2D eigenvalue weighted by Gasteiger charge is 2.20. The van der Waals surface area contributed by atoms with Gasteiger partial charge in [-0.2, -0.15) is 9.78 Å². The zero-order valence-electron chi connectivity index (χ0n) is 14.1. The predicted octanol–water partition coefficient (Wildman–Crippen LogP) is 3.83. The summed E-state index contributed by atoms with van der Waals surface area (Å²) in [7, 11) is 0. The summed E-state index contributed by atoms with van der Waals surface area (Å²) in [6, 6.07) is 16.4. The largest absolute Gasteiger partial charge is 0.485 e. The van der Waals surface area contributed by atoms with E-state index in [2.05, 4.69) is 41.4 Å². The van der Waals surface area contributed by atoms with Crippen molar-refractivity contribution in [3.63, 3.8) is 0 Å². The van der Waals surface area contributed by atoms with Gasteiger partial charge in [-0.05, 0) is 36.6 Å². The lowest BCUT2D eigenvalue weighted by atomic mass is 10.1. The van der Waals surface area contributed by atoms with Crippen molar-refractivity contribution in [1.29, 1.82) is 0 Å². The SMILES string of the molecule is Cc1ccc(C)c(OCc2nnc3n2N=C(c2ccccc2)CS3)c1. The van der Waals surface area contributed by atoms with Gasteiger partial charge in [-0.25, -0.2) is 0 Å². The van der Waals surface area contributed by atoms with Crippen LogP contribution in [0.5, 0.6) is 5.75 Å². The second-order valence-corrected chi connectivity index (χ2v) is 6.91. The summed E-state index contributed by atoms with van der Waals surface area (Å²) in [6.07, 6.45) is 0. The van der Waals surface area contributed by atoms with Gasteiger partial charge in [0.15, 0.2) is 5.82 Å². The molecule has 3 aromatic rings. The Morgan fingerprint density at radius 1 is 1.08 bits per heavy atom. The van der Waals surface area contributed by atoms with Crippen LogP contribution in [0.2, 0.25) is 0 Å². The molecule has 0 aliphatic carbocycles. The molecule has 1 aliphatic heterocycles. The maximum Gasteiger partial charge on any atom is 0.212 e. The highest BCUT2D eigenvalue weighted by molar-refractivity contribution is 7.99. The lowest BCUT2D eigenvalue weighted by Gasteiger charge is -2.14. The molecule has 25 heavy (non-hydrogen) atoms. The third-order valence-electron chi connectivity index (χ3n) is 4.04. The number of ether oxygens (including phenoxy) is 1. The molecule has 1 aliphatic rings. The lowest BCUT2D eigenvalue weighted by Crippen LogP contribution is -2.15. The highest BCUT2D eigenvalue weighted by atomic mass is 32.2. The molecule has 0 fully saturated rings. The fourth-order valence-electron chi connectivity index (χ4n) is 2.64. The zero-order valence-corrected chi connectivity index (χ0v) is 15.0. The summed E-state index contributed by atoms with van der Waals surface area (Å²) >= 11 is 1.64. The minimum atomic E-state index is 0.337. The van der Waals surface area contributed by atoms with Crippen molar-refractivity contribution in [1.82, 2.24) is 14.9 Å². The summed E-state index contributed by atoms with van der Waals surface area (Å²) in [5, 5.41) is 14.0. The van der Waals surface area contributed by atoms with Gasteiger partial charge in [-0.3, -0.25) is 0 Å². The molecular formula is C19H18N4OS. The van der Waals surface area contributed by atoms with Gasteiger partial charge >= 0.3 is 0 Å². The van der Waals surface area contributed by atoms with Crippen LogP contribution in [-0.2, 0) is 6.61 Å². The van der Waals surface area contributed by atoms with E-state index in [0.29, 0.717) is 12.4 Å². The molecule has 1 aromatic heterocycles. The third-order valence-corrected chi connectivity index (χ3v) is 4.97. The zero-order chi connectivity index (χ0) is 17.2. The maximum atomic E-state index is 5.97. The van der Waals surface area contributed by atoms with E-state index in [0.717, 1.165) is 33.5 Å². The van der Waals surface area contributed by atoms with Crippen LogP contribution in [0, 0.1) is 13.8 Å². The molecular weight excluding hydrogens is 332 g/mol. The molecule has 5 nitrogen and oxygen atoms in total. The van der Waals surface area contributed by atoms with Crippen molar-refractivity contribution in [3.05, 3.63) is 71.0 Å². The number of benzene rings is 2. The standard InChI is InChI=1S/C19H18N4OS/c1-13-8-9-14(2)17(10-13)24-11-18-20-21-19-23(18)22-16(12-25-19)15-6-4-3-5-7-15/h3-10H,11-12H2,1-2H3. The van der Waals surface area contributed by atoms with Gasteiger partial charge in [0.1, 0.15) is 12.4 Å². The number of rotatable bonds is 4. The van der Waals surface area contributed by atoms with Crippen LogP contribution in [-0.4, -0.2) is 26.3 Å². The van der Waals surface area contributed by atoms with E-state index in [4.69, 9.17) is 9.84 Å². The molecule has 0 spiro atoms. The summed E-state index contributed by atoms with van der Waals surface area (Å²) in [5.41, 5.74) is 4.41. The number of fused-ring (bicyclic) bond motifs is 1. The average molecular weight is 350 g/mol. The van der Waals surface area contributed by atoms with Gasteiger partial charge in [0.2, 0.25) is 5.16 Å². The molecule has 0 radical (unpaired) electrons. The maximum absolute atomic E-state index is 5.97. The molecule has 0 unspecified atom stereocenters. The van der Waals surface area contributed by atoms with Crippen molar-refractivity contribution >= 4 is 17.5 Å². The first-order valence-corrected chi connectivity index (χ1v) is 9.10. The van der Waals surface area contributed by atoms with E-state index in [9.17, 15) is 0 Å². The summed E-state index contributed by atoms with van der Waals surface area (Å²) < 4.78 is 7.76. The van der Waals surface area contributed by atoms with E-state index in [1.165, 1.54) is 5.56 Å². The van der Waals surface area contributed by atoms with Crippen LogP contribution < -0.4 is 4.74 Å². The van der Waals surface area contributed by atoms with Crippen LogP contribution in [0.3, 0.4) is 0 Å². The van der Waals surface area contributed by atoms with Gasteiger partial charge in [0, 0.05) is 5.75 Å². The second-order valence-electron chi connectivity index (χ2n) is 5.97. The van der Waals surface area contributed by atoms with Crippen molar-refractivity contribution in [2.45, 2.75) is 25.6 Å². The first-order valence-electron chi connectivity index (χ1n) is 8.11. The van der Waals surface area contributed by atoms with E-state index in [1.54, 1.807) is 16.4 Å². The van der Waals surface area contributed by atoms with Gasteiger partial charge in [0.05, 0.1) is 5.71 Å². The minimum Gasteiger partial charge on any atom is -0.485 e. The smallest absolute Gasteiger partial charge is 0.212 e. The van der Waals surface area contributed by atoms with E-state index in [1.807, 2.05) is 31.2 Å². The van der Waals surface area contributed by atoms with E-state index >= 15 is 0 Å². The predicted molar refractivity (Wildman–Crippen MR) is 99.4 cm³/mol. The van der Waals surface area contributed by atoms with Crippen molar-refractivity contribution < 1.29 is 4.74 Å². The van der Waals surface area contributed by atoms with Crippen molar-refractivity contribution in [2.75, 3.05) is 5.75 Å². The first kappa shape index (κ1) is 15.9. The summed E-state index contributed by atoms with van der Waals surface area (Å²) in [6.45, 7) is 4.43. The number of thioether (sulfide) groups is 1. The molecule has 0 N–H and O–H groups in total. The Morgan fingerprint density at radius 2 is 1.92 bits per heavy atom. The molecule has 6 heteroatoms. The number of aromatic nitrogens is 3. The Kier molecular flexibility index (Phi) is 4.28. The monoisotopic (exact) mass is 350 g/mol. The van der Waals surface area contributed by atoms with E-state index < -0.39 is 0 Å². The Morgan fingerprint density at radius 3 is 2.76 bits per heavy atom. The molecule has 2 heterocycles. The van der Waals surface area contributed by atoms with Crippen LogP contribution >= 0.6 is 11.8 Å². The van der Waals surface area contributed by atoms with Crippen LogP contribution in [0.15, 0.2) is 58.8 Å². The van der Waals surface area contributed by atoms with Crippen LogP contribution in [0.4, 0.5) is 0 Å². The van der Waals surface area contributed by atoms with Gasteiger partial charge in [0.25, 0.3) is 0 Å². The topological polar surface area (TPSA) is 52.3 Å². The third kappa shape index (κ3) is 3.30. The molecule has 2 aromatic carbocycles. The number of aryl methyl sites for hydroxylation is 2. The molecule has 0 amide bonds.